The maximum Gasteiger partial charge on any atom is 0.101 e. The van der Waals surface area contributed by atoms with Gasteiger partial charge in [0.1, 0.15) is 6.17 Å². The zero-order valence-electron chi connectivity index (χ0n) is 15.1. The van der Waals surface area contributed by atoms with E-state index >= 15 is 0 Å². The van der Waals surface area contributed by atoms with Gasteiger partial charge in [-0.05, 0) is 18.4 Å². The van der Waals surface area contributed by atoms with Crippen LogP contribution in [0.3, 0.4) is 0 Å². The van der Waals surface area contributed by atoms with Crippen molar-refractivity contribution in [3.05, 3.63) is 48.3 Å². The number of nitrogens with zero attached hydrogens (tertiary/aromatic N) is 2. The topological polar surface area (TPSA) is 6.48 Å². The SMILES string of the molecule is CCCCCCCCCN1C=CN(Cc2ccccc2)C1CC. The Hall–Kier alpha value is -1.44. The first-order valence-electron chi connectivity index (χ1n) is 9.59. The van der Waals surface area contributed by atoms with Crippen LogP contribution in [0, 0.1) is 0 Å². The molecule has 1 unspecified atom stereocenters. The van der Waals surface area contributed by atoms with E-state index in [2.05, 4.69) is 66.4 Å². The van der Waals surface area contributed by atoms with E-state index in [1.807, 2.05) is 0 Å². The van der Waals surface area contributed by atoms with Crippen LogP contribution in [0.15, 0.2) is 42.7 Å². The maximum absolute atomic E-state index is 2.54. The average Bonchev–Trinajstić information content (AvgIpc) is 2.96. The Morgan fingerprint density at radius 1 is 0.783 bits per heavy atom. The van der Waals surface area contributed by atoms with Gasteiger partial charge < -0.3 is 9.80 Å². The lowest BCUT2D eigenvalue weighted by Gasteiger charge is -2.32. The molecule has 1 aliphatic heterocycles. The van der Waals surface area contributed by atoms with Crippen molar-refractivity contribution in [2.75, 3.05) is 6.54 Å². The van der Waals surface area contributed by atoms with Crippen LogP contribution in [0.2, 0.25) is 0 Å². The standard InChI is InChI=1S/C21H34N2/c1-3-5-6-7-8-9-13-16-22-17-18-23(21(22)4-2)19-20-14-11-10-12-15-20/h10-12,14-15,17-18,21H,3-9,13,16,19H2,1-2H3. The zero-order chi connectivity index (χ0) is 16.3. The van der Waals surface area contributed by atoms with E-state index in [4.69, 9.17) is 0 Å². The molecule has 1 heterocycles. The Balaban J connectivity index is 1.69. The van der Waals surface area contributed by atoms with Crippen molar-refractivity contribution in [1.29, 1.82) is 0 Å². The number of hydrogen-bond donors (Lipinski definition) is 0. The van der Waals surface area contributed by atoms with Gasteiger partial charge in [-0.15, -0.1) is 0 Å². The van der Waals surface area contributed by atoms with Gasteiger partial charge in [0.15, 0.2) is 0 Å². The van der Waals surface area contributed by atoms with Crippen LogP contribution < -0.4 is 0 Å². The van der Waals surface area contributed by atoms with Crippen molar-refractivity contribution in [3.63, 3.8) is 0 Å². The third-order valence-electron chi connectivity index (χ3n) is 4.81. The van der Waals surface area contributed by atoms with Crippen molar-refractivity contribution < 1.29 is 0 Å². The molecule has 1 aromatic rings. The second kappa shape index (κ2) is 10.4. The molecular formula is C21H34N2. The first-order chi connectivity index (χ1) is 11.3. The highest BCUT2D eigenvalue weighted by molar-refractivity contribution is 5.15. The molecule has 0 N–H and O–H groups in total. The van der Waals surface area contributed by atoms with Crippen molar-refractivity contribution >= 4 is 0 Å². The van der Waals surface area contributed by atoms with Gasteiger partial charge in [-0.3, -0.25) is 0 Å². The highest BCUT2D eigenvalue weighted by atomic mass is 15.4. The summed E-state index contributed by atoms with van der Waals surface area (Å²) in [7, 11) is 0. The molecule has 128 valence electrons. The zero-order valence-corrected chi connectivity index (χ0v) is 15.1. The number of rotatable bonds is 11. The minimum Gasteiger partial charge on any atom is -0.356 e. The lowest BCUT2D eigenvalue weighted by atomic mass is 10.1. The predicted molar refractivity (Wildman–Crippen MR) is 99.9 cm³/mol. The summed E-state index contributed by atoms with van der Waals surface area (Å²) in [6.07, 6.45) is 16.0. The Kier molecular flexibility index (Phi) is 8.06. The highest BCUT2D eigenvalue weighted by Crippen LogP contribution is 2.22. The smallest absolute Gasteiger partial charge is 0.101 e. The molecule has 2 nitrogen and oxygen atoms in total. The van der Waals surface area contributed by atoms with E-state index in [9.17, 15) is 0 Å². The molecule has 0 saturated heterocycles. The summed E-state index contributed by atoms with van der Waals surface area (Å²) in [6, 6.07) is 10.8. The van der Waals surface area contributed by atoms with Crippen LogP contribution >= 0.6 is 0 Å². The highest BCUT2D eigenvalue weighted by Gasteiger charge is 2.23. The molecule has 0 aromatic heterocycles. The monoisotopic (exact) mass is 314 g/mol. The molecule has 1 atom stereocenters. The number of unbranched alkanes of at least 4 members (excludes halogenated alkanes) is 6. The van der Waals surface area contributed by atoms with E-state index in [1.165, 1.54) is 63.5 Å². The van der Waals surface area contributed by atoms with Gasteiger partial charge in [-0.2, -0.15) is 0 Å². The van der Waals surface area contributed by atoms with Crippen LogP contribution in [0.5, 0.6) is 0 Å². The fourth-order valence-corrected chi connectivity index (χ4v) is 3.46. The molecule has 0 amide bonds. The van der Waals surface area contributed by atoms with Gasteiger partial charge in [0, 0.05) is 25.5 Å². The Bertz CT molecular complexity index is 440. The van der Waals surface area contributed by atoms with E-state index in [0.717, 1.165) is 6.54 Å². The predicted octanol–water partition coefficient (Wildman–Crippen LogP) is 5.76. The molecule has 2 heteroatoms. The second-order valence-electron chi connectivity index (χ2n) is 6.70. The van der Waals surface area contributed by atoms with Crippen molar-refractivity contribution in [1.82, 2.24) is 9.80 Å². The molecule has 0 bridgehead atoms. The van der Waals surface area contributed by atoms with Crippen LogP contribution in [0.25, 0.3) is 0 Å². The number of hydrogen-bond acceptors (Lipinski definition) is 2. The quantitative estimate of drug-likeness (QED) is 0.479. The Morgan fingerprint density at radius 3 is 2.13 bits per heavy atom. The van der Waals surface area contributed by atoms with Crippen molar-refractivity contribution in [3.8, 4) is 0 Å². The van der Waals surface area contributed by atoms with Crippen LogP contribution in [-0.4, -0.2) is 22.5 Å². The first-order valence-corrected chi connectivity index (χ1v) is 9.59. The molecule has 23 heavy (non-hydrogen) atoms. The molecule has 1 aliphatic rings. The van der Waals surface area contributed by atoms with Crippen molar-refractivity contribution in [2.24, 2.45) is 0 Å². The Morgan fingerprint density at radius 2 is 1.43 bits per heavy atom. The molecular weight excluding hydrogens is 280 g/mol. The van der Waals surface area contributed by atoms with Crippen molar-refractivity contribution in [2.45, 2.75) is 77.9 Å². The summed E-state index contributed by atoms with van der Waals surface area (Å²) >= 11 is 0. The summed E-state index contributed by atoms with van der Waals surface area (Å²) in [5.74, 6) is 0. The summed E-state index contributed by atoms with van der Waals surface area (Å²) in [5.41, 5.74) is 1.40. The Labute approximate surface area is 143 Å². The average molecular weight is 315 g/mol. The molecule has 1 aromatic carbocycles. The van der Waals surface area contributed by atoms with Gasteiger partial charge in [-0.25, -0.2) is 0 Å². The third-order valence-corrected chi connectivity index (χ3v) is 4.81. The van der Waals surface area contributed by atoms with E-state index < -0.39 is 0 Å². The summed E-state index contributed by atoms with van der Waals surface area (Å²) in [6.45, 7) is 6.80. The van der Waals surface area contributed by atoms with Gasteiger partial charge in [-0.1, -0.05) is 82.7 Å². The lowest BCUT2D eigenvalue weighted by Crippen LogP contribution is -2.38. The molecule has 0 aliphatic carbocycles. The third kappa shape index (κ3) is 5.93. The second-order valence-corrected chi connectivity index (χ2v) is 6.70. The van der Waals surface area contributed by atoms with Gasteiger partial charge in [0.05, 0.1) is 0 Å². The fourth-order valence-electron chi connectivity index (χ4n) is 3.46. The van der Waals surface area contributed by atoms with Crippen LogP contribution in [0.1, 0.15) is 70.8 Å². The minimum atomic E-state index is 0.537. The molecule has 0 radical (unpaired) electrons. The fraction of sp³-hybridized carbons (Fsp3) is 0.619. The largest absolute Gasteiger partial charge is 0.356 e. The summed E-state index contributed by atoms with van der Waals surface area (Å²) in [4.78, 5) is 5.02. The summed E-state index contributed by atoms with van der Waals surface area (Å²) in [5, 5.41) is 0. The lowest BCUT2D eigenvalue weighted by molar-refractivity contribution is 0.140. The molecule has 0 saturated carbocycles. The maximum atomic E-state index is 2.54. The van der Waals surface area contributed by atoms with Gasteiger partial charge in [0.25, 0.3) is 0 Å². The molecule has 0 spiro atoms. The van der Waals surface area contributed by atoms with E-state index in [0.29, 0.717) is 6.17 Å². The summed E-state index contributed by atoms with van der Waals surface area (Å²) < 4.78 is 0. The van der Waals surface area contributed by atoms with Crippen LogP contribution in [0.4, 0.5) is 0 Å². The minimum absolute atomic E-state index is 0.537. The van der Waals surface area contributed by atoms with E-state index in [1.54, 1.807) is 0 Å². The first kappa shape index (κ1) is 17.9. The van der Waals surface area contributed by atoms with Gasteiger partial charge >= 0.3 is 0 Å². The van der Waals surface area contributed by atoms with E-state index in [-0.39, 0.29) is 0 Å². The van der Waals surface area contributed by atoms with Gasteiger partial charge in [0.2, 0.25) is 0 Å². The molecule has 2 rings (SSSR count). The van der Waals surface area contributed by atoms with Crippen LogP contribution in [-0.2, 0) is 6.54 Å². The number of benzene rings is 1. The normalized spacial score (nSPS) is 17.2. The molecule has 0 fully saturated rings.